The molecule has 0 bridgehead atoms. The smallest absolute Gasteiger partial charge is 0.254 e. The highest BCUT2D eigenvalue weighted by atomic mass is 32.1. The van der Waals surface area contributed by atoms with Gasteiger partial charge in [-0.2, -0.15) is 8.75 Å². The molecule has 3 rings (SSSR count). The molecule has 7 heteroatoms. The number of benzene rings is 1. The van der Waals surface area contributed by atoms with Crippen molar-refractivity contribution >= 4 is 34.6 Å². The van der Waals surface area contributed by atoms with Crippen LogP contribution in [-0.2, 0) is 4.79 Å². The van der Waals surface area contributed by atoms with E-state index >= 15 is 0 Å². The Balaban J connectivity index is 1.94. The minimum absolute atomic E-state index is 0.0326. The van der Waals surface area contributed by atoms with Gasteiger partial charge in [0, 0.05) is 26.2 Å². The van der Waals surface area contributed by atoms with E-state index in [1.165, 1.54) is 0 Å². The zero-order valence-electron chi connectivity index (χ0n) is 12.9. The van der Waals surface area contributed by atoms with E-state index in [2.05, 4.69) is 8.75 Å². The number of hydrogen-bond donors (Lipinski definition) is 0. The van der Waals surface area contributed by atoms with Gasteiger partial charge in [-0.15, -0.1) is 0 Å². The summed E-state index contributed by atoms with van der Waals surface area (Å²) in [6.45, 7) is 2.45. The maximum absolute atomic E-state index is 12.9. The highest BCUT2D eigenvalue weighted by Gasteiger charge is 2.46. The molecule has 0 radical (unpaired) electrons. The van der Waals surface area contributed by atoms with Crippen molar-refractivity contribution in [2.24, 2.45) is 0 Å². The second kappa shape index (κ2) is 5.31. The number of fused-ring (bicyclic) bond motifs is 1. The van der Waals surface area contributed by atoms with E-state index in [0.29, 0.717) is 18.5 Å². The first-order valence-corrected chi connectivity index (χ1v) is 7.92. The summed E-state index contributed by atoms with van der Waals surface area (Å²) in [4.78, 5) is 28.6. The number of carbonyl (C=O) groups excluding carboxylic acids is 2. The minimum Gasteiger partial charge on any atom is -0.347 e. The largest absolute Gasteiger partial charge is 0.347 e. The van der Waals surface area contributed by atoms with Gasteiger partial charge < -0.3 is 9.80 Å². The third-order valence-electron chi connectivity index (χ3n) is 4.25. The van der Waals surface area contributed by atoms with Gasteiger partial charge in [0.2, 0.25) is 5.91 Å². The molecule has 1 fully saturated rings. The number of likely N-dealkylation sites (N-methyl/N-ethyl adjacent to an activating group) is 1. The first-order chi connectivity index (χ1) is 10.4. The molecule has 116 valence electrons. The first-order valence-electron chi connectivity index (χ1n) is 7.19. The van der Waals surface area contributed by atoms with E-state index in [0.717, 1.165) is 29.2 Å². The monoisotopic (exact) mass is 318 g/mol. The molecule has 6 nitrogen and oxygen atoms in total. The highest BCUT2D eigenvalue weighted by molar-refractivity contribution is 7.00. The molecule has 0 N–H and O–H groups in total. The number of hydrogen-bond acceptors (Lipinski definition) is 5. The van der Waals surface area contributed by atoms with Crippen LogP contribution in [0.2, 0.25) is 0 Å². The molecule has 2 heterocycles. The average Bonchev–Trinajstić information content (AvgIpc) is 3.11. The van der Waals surface area contributed by atoms with Crippen molar-refractivity contribution in [2.45, 2.75) is 25.3 Å². The maximum atomic E-state index is 12.9. The second-order valence-electron chi connectivity index (χ2n) is 6.00. The molecule has 1 aliphatic rings. The summed E-state index contributed by atoms with van der Waals surface area (Å²) in [6, 6.07) is 5.30. The molecule has 0 aliphatic carbocycles. The van der Waals surface area contributed by atoms with Crippen LogP contribution in [0.25, 0.3) is 11.0 Å². The van der Waals surface area contributed by atoms with E-state index in [1.807, 2.05) is 6.92 Å². The van der Waals surface area contributed by atoms with Gasteiger partial charge in [0.1, 0.15) is 16.6 Å². The fourth-order valence-corrected chi connectivity index (χ4v) is 3.58. The van der Waals surface area contributed by atoms with Gasteiger partial charge in [-0.05, 0) is 38.0 Å². The maximum Gasteiger partial charge on any atom is 0.254 e. The van der Waals surface area contributed by atoms with Crippen molar-refractivity contribution in [1.29, 1.82) is 0 Å². The molecule has 1 aromatic heterocycles. The standard InChI is InChI=1S/C15H18N4O2S/c1-15(14(21)18(2)3)7-4-8-19(15)13(20)10-5-6-11-12(9-10)17-22-16-11/h5-6,9H,4,7-8H2,1-3H3/t15-/m1/s1. The zero-order valence-corrected chi connectivity index (χ0v) is 13.7. The van der Waals surface area contributed by atoms with Gasteiger partial charge in [0.25, 0.3) is 5.91 Å². The Morgan fingerprint density at radius 1 is 1.27 bits per heavy atom. The number of amides is 2. The Hall–Kier alpha value is -2.02. The van der Waals surface area contributed by atoms with Crippen molar-refractivity contribution in [2.75, 3.05) is 20.6 Å². The van der Waals surface area contributed by atoms with Crippen LogP contribution >= 0.6 is 11.7 Å². The first kappa shape index (κ1) is 14.9. The van der Waals surface area contributed by atoms with Crippen molar-refractivity contribution in [3.63, 3.8) is 0 Å². The van der Waals surface area contributed by atoms with Crippen LogP contribution in [0.5, 0.6) is 0 Å². The Labute approximate surface area is 133 Å². The fourth-order valence-electron chi connectivity index (χ4n) is 3.06. The van der Waals surface area contributed by atoms with Crippen LogP contribution in [0.4, 0.5) is 0 Å². The molecule has 0 spiro atoms. The molecular formula is C15H18N4O2S. The van der Waals surface area contributed by atoms with E-state index in [9.17, 15) is 9.59 Å². The molecule has 1 aliphatic heterocycles. The molecular weight excluding hydrogens is 300 g/mol. The number of carbonyl (C=O) groups is 2. The lowest BCUT2D eigenvalue weighted by Gasteiger charge is -2.35. The summed E-state index contributed by atoms with van der Waals surface area (Å²) in [6.07, 6.45) is 1.53. The quantitative estimate of drug-likeness (QED) is 0.846. The number of likely N-dealkylation sites (tertiary alicyclic amines) is 1. The lowest BCUT2D eigenvalue weighted by Crippen LogP contribution is -2.55. The van der Waals surface area contributed by atoms with Gasteiger partial charge in [0.05, 0.1) is 11.7 Å². The molecule has 1 atom stereocenters. The Kier molecular flexibility index (Phi) is 3.60. The van der Waals surface area contributed by atoms with Gasteiger partial charge in [0.15, 0.2) is 0 Å². The number of aromatic nitrogens is 2. The number of nitrogens with zero attached hydrogens (tertiary/aromatic N) is 4. The second-order valence-corrected chi connectivity index (χ2v) is 6.53. The predicted molar refractivity (Wildman–Crippen MR) is 84.8 cm³/mol. The summed E-state index contributed by atoms with van der Waals surface area (Å²) in [7, 11) is 3.45. The SMILES string of the molecule is CN(C)C(=O)[C@@]1(C)CCCN1C(=O)c1ccc2nsnc2c1. The molecule has 22 heavy (non-hydrogen) atoms. The Bertz CT molecular complexity index is 742. The van der Waals surface area contributed by atoms with Crippen LogP contribution in [0.15, 0.2) is 18.2 Å². The van der Waals surface area contributed by atoms with E-state index < -0.39 is 5.54 Å². The van der Waals surface area contributed by atoms with Gasteiger partial charge >= 0.3 is 0 Å². The average molecular weight is 318 g/mol. The third kappa shape index (κ3) is 2.25. The van der Waals surface area contributed by atoms with Crippen molar-refractivity contribution in [3.05, 3.63) is 23.8 Å². The predicted octanol–water partition coefficient (Wildman–Crippen LogP) is 1.77. The minimum atomic E-state index is -0.768. The summed E-state index contributed by atoms with van der Waals surface area (Å²) in [5.74, 6) is -0.153. The van der Waals surface area contributed by atoms with Crippen molar-refractivity contribution in [1.82, 2.24) is 18.5 Å². The summed E-state index contributed by atoms with van der Waals surface area (Å²) in [5.41, 5.74) is 1.29. The molecule has 2 aromatic rings. The lowest BCUT2D eigenvalue weighted by atomic mass is 9.96. The van der Waals surface area contributed by atoms with E-state index in [1.54, 1.807) is 42.1 Å². The van der Waals surface area contributed by atoms with Crippen LogP contribution in [0.1, 0.15) is 30.1 Å². The van der Waals surface area contributed by atoms with Crippen LogP contribution < -0.4 is 0 Å². The molecule has 2 amide bonds. The Morgan fingerprint density at radius 3 is 2.73 bits per heavy atom. The van der Waals surface area contributed by atoms with Crippen molar-refractivity contribution in [3.8, 4) is 0 Å². The fraction of sp³-hybridized carbons (Fsp3) is 0.467. The summed E-state index contributed by atoms with van der Waals surface area (Å²) < 4.78 is 8.31. The third-order valence-corrected chi connectivity index (χ3v) is 4.81. The highest BCUT2D eigenvalue weighted by Crippen LogP contribution is 2.32. The van der Waals surface area contributed by atoms with Gasteiger partial charge in [-0.25, -0.2) is 0 Å². The molecule has 0 saturated carbocycles. The van der Waals surface area contributed by atoms with Crippen LogP contribution in [0.3, 0.4) is 0 Å². The number of rotatable bonds is 2. The van der Waals surface area contributed by atoms with Gasteiger partial charge in [-0.1, -0.05) is 0 Å². The normalized spacial score (nSPS) is 21.3. The topological polar surface area (TPSA) is 66.4 Å². The summed E-state index contributed by atoms with van der Waals surface area (Å²) >= 11 is 1.13. The summed E-state index contributed by atoms with van der Waals surface area (Å²) in [5, 5.41) is 0. The zero-order chi connectivity index (χ0) is 15.9. The van der Waals surface area contributed by atoms with Crippen LogP contribution in [0, 0.1) is 0 Å². The van der Waals surface area contributed by atoms with E-state index in [4.69, 9.17) is 0 Å². The van der Waals surface area contributed by atoms with Crippen LogP contribution in [-0.4, -0.2) is 56.5 Å². The van der Waals surface area contributed by atoms with Gasteiger partial charge in [-0.3, -0.25) is 9.59 Å². The van der Waals surface area contributed by atoms with E-state index in [-0.39, 0.29) is 11.8 Å². The molecule has 1 saturated heterocycles. The lowest BCUT2D eigenvalue weighted by molar-refractivity contribution is -0.138. The molecule has 1 aromatic carbocycles. The Morgan fingerprint density at radius 2 is 2.00 bits per heavy atom. The van der Waals surface area contributed by atoms with Crippen molar-refractivity contribution < 1.29 is 9.59 Å². The molecule has 0 unspecified atom stereocenters.